The van der Waals surface area contributed by atoms with Crippen molar-refractivity contribution >= 4 is 10.0 Å². The topological polar surface area (TPSA) is 55.4 Å². The molecule has 1 unspecified atom stereocenters. The van der Waals surface area contributed by atoms with E-state index >= 15 is 0 Å². The second kappa shape index (κ2) is 7.40. The van der Waals surface area contributed by atoms with Crippen molar-refractivity contribution < 1.29 is 13.2 Å². The Hall–Kier alpha value is -1.07. The largest absolute Gasteiger partial charge is 0.494 e. The molecule has 1 N–H and O–H groups in total. The Balaban J connectivity index is 1.56. The van der Waals surface area contributed by atoms with Crippen LogP contribution < -0.4 is 9.46 Å². The van der Waals surface area contributed by atoms with Crippen molar-refractivity contribution in [2.75, 3.05) is 6.61 Å². The number of sulfonamides is 1. The summed E-state index contributed by atoms with van der Waals surface area (Å²) in [4.78, 5) is 0.344. The maximum atomic E-state index is 13.1. The molecule has 5 heteroatoms. The van der Waals surface area contributed by atoms with Gasteiger partial charge < -0.3 is 4.74 Å². The number of ether oxygens (including phenoxy) is 1. The lowest BCUT2D eigenvalue weighted by molar-refractivity contribution is -0.0712. The van der Waals surface area contributed by atoms with E-state index < -0.39 is 10.0 Å². The lowest BCUT2D eigenvalue weighted by Gasteiger charge is -2.59. The average molecular weight is 392 g/mol. The summed E-state index contributed by atoms with van der Waals surface area (Å²) in [5.74, 6) is 3.18. The summed E-state index contributed by atoms with van der Waals surface area (Å²) in [5, 5.41) is 0. The minimum absolute atomic E-state index is 0.0625. The van der Waals surface area contributed by atoms with Crippen molar-refractivity contribution in [3.63, 3.8) is 0 Å². The first-order chi connectivity index (χ1) is 12.9. The first kappa shape index (κ1) is 19.3. The highest BCUT2D eigenvalue weighted by atomic mass is 32.2. The molecule has 0 amide bonds. The molecule has 4 saturated carbocycles. The van der Waals surface area contributed by atoms with Gasteiger partial charge >= 0.3 is 0 Å². The van der Waals surface area contributed by atoms with Crippen LogP contribution in [0, 0.1) is 23.2 Å². The van der Waals surface area contributed by atoms with E-state index in [1.54, 1.807) is 24.3 Å². The zero-order valence-electron chi connectivity index (χ0n) is 16.6. The third-order valence-electron chi connectivity index (χ3n) is 7.14. The number of hydrogen-bond acceptors (Lipinski definition) is 3. The van der Waals surface area contributed by atoms with Crippen LogP contribution in [0.15, 0.2) is 29.2 Å². The standard InChI is InChI=1S/C22H33NO3S/c1-3-5-21(22-13-16-10-17(14-22)12-18(11-16)15-22)23-27(24,25)20-8-6-19(7-9-20)26-4-2/h6-9,16-18,21,23H,3-5,10-15H2,1-2H3. The normalized spacial score (nSPS) is 33.2. The minimum Gasteiger partial charge on any atom is -0.494 e. The average Bonchev–Trinajstić information content (AvgIpc) is 2.61. The molecule has 4 nitrogen and oxygen atoms in total. The van der Waals surface area contributed by atoms with E-state index in [9.17, 15) is 8.42 Å². The smallest absolute Gasteiger partial charge is 0.240 e. The van der Waals surface area contributed by atoms with E-state index in [4.69, 9.17) is 4.74 Å². The fourth-order valence-electron chi connectivity index (χ4n) is 6.52. The summed E-state index contributed by atoms with van der Waals surface area (Å²) in [7, 11) is -3.51. The summed E-state index contributed by atoms with van der Waals surface area (Å²) in [6.45, 7) is 4.67. The van der Waals surface area contributed by atoms with E-state index in [-0.39, 0.29) is 11.5 Å². The van der Waals surface area contributed by atoms with Crippen molar-refractivity contribution in [2.24, 2.45) is 23.2 Å². The van der Waals surface area contributed by atoms with Gasteiger partial charge in [0.2, 0.25) is 10.0 Å². The van der Waals surface area contributed by atoms with Crippen LogP contribution in [0.2, 0.25) is 0 Å². The molecule has 4 bridgehead atoms. The van der Waals surface area contributed by atoms with Crippen LogP contribution >= 0.6 is 0 Å². The van der Waals surface area contributed by atoms with Crippen molar-refractivity contribution in [2.45, 2.75) is 76.2 Å². The van der Waals surface area contributed by atoms with Crippen molar-refractivity contribution in [3.05, 3.63) is 24.3 Å². The quantitative estimate of drug-likeness (QED) is 0.696. The van der Waals surface area contributed by atoms with Gasteiger partial charge in [-0.1, -0.05) is 13.3 Å². The van der Waals surface area contributed by atoms with Gasteiger partial charge in [0, 0.05) is 6.04 Å². The molecule has 1 atom stereocenters. The molecule has 4 fully saturated rings. The van der Waals surface area contributed by atoms with Gasteiger partial charge in [0.05, 0.1) is 11.5 Å². The first-order valence-corrected chi connectivity index (χ1v) is 12.2. The molecule has 0 radical (unpaired) electrons. The molecule has 0 aromatic heterocycles. The van der Waals surface area contributed by atoms with Crippen LogP contribution in [0.4, 0.5) is 0 Å². The van der Waals surface area contributed by atoms with E-state index in [0.717, 1.165) is 30.6 Å². The summed E-state index contributed by atoms with van der Waals surface area (Å²) < 4.78 is 34.8. The lowest BCUT2D eigenvalue weighted by Crippen LogP contribution is -2.56. The van der Waals surface area contributed by atoms with Gasteiger partial charge in [0.15, 0.2) is 0 Å². The zero-order chi connectivity index (χ0) is 19.1. The third kappa shape index (κ3) is 3.77. The molecular weight excluding hydrogens is 358 g/mol. The van der Waals surface area contributed by atoms with E-state index in [0.29, 0.717) is 17.3 Å². The molecule has 1 aromatic carbocycles. The number of rotatable bonds is 8. The third-order valence-corrected chi connectivity index (χ3v) is 8.63. The van der Waals surface area contributed by atoms with Crippen LogP contribution in [-0.4, -0.2) is 21.1 Å². The summed E-state index contributed by atoms with van der Waals surface area (Å²) in [6.07, 6.45) is 9.73. The SMILES string of the molecule is CCCC(NS(=O)(=O)c1ccc(OCC)cc1)C12CC3CC(CC(C3)C1)C2. The molecule has 5 rings (SSSR count). The van der Waals surface area contributed by atoms with Crippen LogP contribution in [-0.2, 0) is 10.0 Å². The number of benzene rings is 1. The summed E-state index contributed by atoms with van der Waals surface area (Å²) in [6, 6.07) is 6.88. The highest BCUT2D eigenvalue weighted by molar-refractivity contribution is 7.89. The molecule has 150 valence electrons. The van der Waals surface area contributed by atoms with Crippen molar-refractivity contribution in [1.29, 1.82) is 0 Å². The van der Waals surface area contributed by atoms with Gasteiger partial charge in [0.25, 0.3) is 0 Å². The van der Waals surface area contributed by atoms with E-state index in [1.807, 2.05) is 6.92 Å². The Morgan fingerprint density at radius 2 is 1.59 bits per heavy atom. The predicted octanol–water partition coefficient (Wildman–Crippen LogP) is 4.75. The van der Waals surface area contributed by atoms with Crippen molar-refractivity contribution in [3.8, 4) is 5.75 Å². The molecule has 4 aliphatic rings. The van der Waals surface area contributed by atoms with Crippen LogP contribution in [0.3, 0.4) is 0 Å². The highest BCUT2D eigenvalue weighted by Gasteiger charge is 2.54. The number of nitrogens with one attached hydrogen (secondary N) is 1. The molecule has 27 heavy (non-hydrogen) atoms. The minimum atomic E-state index is -3.51. The highest BCUT2D eigenvalue weighted by Crippen LogP contribution is 2.61. The van der Waals surface area contributed by atoms with Gasteiger partial charge in [-0.2, -0.15) is 0 Å². The van der Waals surface area contributed by atoms with E-state index in [1.165, 1.54) is 38.5 Å². The second-order valence-corrected chi connectivity index (χ2v) is 10.9. The van der Waals surface area contributed by atoms with Gasteiger partial charge in [-0.25, -0.2) is 13.1 Å². The molecule has 0 aliphatic heterocycles. The molecular formula is C22H33NO3S. The Bertz CT molecular complexity index is 721. The maximum absolute atomic E-state index is 13.1. The Morgan fingerprint density at radius 3 is 2.07 bits per heavy atom. The predicted molar refractivity (Wildman–Crippen MR) is 107 cm³/mol. The molecule has 0 heterocycles. The number of hydrogen-bond donors (Lipinski definition) is 1. The zero-order valence-corrected chi connectivity index (χ0v) is 17.4. The first-order valence-electron chi connectivity index (χ1n) is 10.7. The molecule has 1 aromatic rings. The van der Waals surface area contributed by atoms with Crippen LogP contribution in [0.1, 0.15) is 65.2 Å². The van der Waals surface area contributed by atoms with Gasteiger partial charge in [-0.05, 0) is 99.3 Å². The van der Waals surface area contributed by atoms with Gasteiger partial charge in [-0.15, -0.1) is 0 Å². The van der Waals surface area contributed by atoms with Gasteiger partial charge in [-0.3, -0.25) is 0 Å². The maximum Gasteiger partial charge on any atom is 0.240 e. The van der Waals surface area contributed by atoms with Gasteiger partial charge in [0.1, 0.15) is 5.75 Å². The molecule has 4 aliphatic carbocycles. The lowest BCUT2D eigenvalue weighted by atomic mass is 9.47. The monoisotopic (exact) mass is 391 g/mol. The van der Waals surface area contributed by atoms with Crippen molar-refractivity contribution in [1.82, 2.24) is 4.72 Å². The Kier molecular flexibility index (Phi) is 5.28. The van der Waals surface area contributed by atoms with Crippen LogP contribution in [0.5, 0.6) is 5.75 Å². The second-order valence-electron chi connectivity index (χ2n) is 9.15. The molecule has 0 spiro atoms. The fraction of sp³-hybridized carbons (Fsp3) is 0.727. The Morgan fingerprint density at radius 1 is 1.04 bits per heavy atom. The van der Waals surface area contributed by atoms with E-state index in [2.05, 4.69) is 11.6 Å². The Labute approximate surface area is 164 Å². The summed E-state index contributed by atoms with van der Waals surface area (Å²) >= 11 is 0. The fourth-order valence-corrected chi connectivity index (χ4v) is 7.89. The van der Waals surface area contributed by atoms with Crippen LogP contribution in [0.25, 0.3) is 0 Å². The summed E-state index contributed by atoms with van der Waals surface area (Å²) in [5.41, 5.74) is 0.184. The molecule has 0 saturated heterocycles.